The van der Waals surface area contributed by atoms with Crippen molar-refractivity contribution in [1.29, 1.82) is 0 Å². The summed E-state index contributed by atoms with van der Waals surface area (Å²) in [6, 6.07) is 21.1. The fourth-order valence-corrected chi connectivity index (χ4v) is 3.95. The minimum atomic E-state index is -1.06. The van der Waals surface area contributed by atoms with E-state index in [1.165, 1.54) is 12.1 Å². The normalized spacial score (nSPS) is 13.7. The maximum atomic E-state index is 13.0. The molecule has 2 amide bonds. The van der Waals surface area contributed by atoms with Crippen molar-refractivity contribution in [1.82, 2.24) is 9.80 Å². The molecule has 0 aliphatic carbocycles. The quantitative estimate of drug-likeness (QED) is 0.419. The van der Waals surface area contributed by atoms with Crippen LogP contribution in [0.2, 0.25) is 0 Å². The first-order valence-corrected chi connectivity index (χ1v) is 11.5. The number of carbonyl (C=O) groups excluding carboxylic acids is 2. The lowest BCUT2D eigenvalue weighted by Crippen LogP contribution is -2.33. The summed E-state index contributed by atoms with van der Waals surface area (Å²) in [4.78, 5) is 40.9. The first kappa shape index (κ1) is 24.7. The standard InChI is InChI=1S/C28H28N4O4/c1-31(2)15-16-32(3)27(34)19-9-12-21(13-10-19)29-25(18-7-5-4-6-8-18)24-22-14-11-20(28(35)36)17-23(22)30-26(24)33/h4-14,17,29H,15-16H2,1-3H3,(H,30,33)(H,35,36)/b25-24-. The van der Waals surface area contributed by atoms with Crippen LogP contribution in [0, 0.1) is 0 Å². The first-order chi connectivity index (χ1) is 17.2. The Morgan fingerprint density at radius 2 is 1.53 bits per heavy atom. The van der Waals surface area contributed by atoms with Crippen molar-refractivity contribution < 1.29 is 19.5 Å². The number of hydrogen-bond acceptors (Lipinski definition) is 5. The molecule has 3 aromatic rings. The van der Waals surface area contributed by atoms with E-state index in [1.807, 2.05) is 49.3 Å². The van der Waals surface area contributed by atoms with Gasteiger partial charge in [-0.2, -0.15) is 0 Å². The number of nitrogens with one attached hydrogen (secondary N) is 2. The van der Waals surface area contributed by atoms with E-state index < -0.39 is 5.97 Å². The molecule has 3 aromatic carbocycles. The smallest absolute Gasteiger partial charge is 0.335 e. The number of carboxylic acids is 1. The Bertz CT molecular complexity index is 1330. The second kappa shape index (κ2) is 10.5. The highest BCUT2D eigenvalue weighted by atomic mass is 16.4. The van der Waals surface area contributed by atoms with E-state index in [-0.39, 0.29) is 17.4 Å². The van der Waals surface area contributed by atoms with Crippen molar-refractivity contribution in [3.63, 3.8) is 0 Å². The fraction of sp³-hybridized carbons (Fsp3) is 0.179. The maximum absolute atomic E-state index is 13.0. The Labute approximate surface area is 209 Å². The van der Waals surface area contributed by atoms with Gasteiger partial charge in [0.1, 0.15) is 0 Å². The van der Waals surface area contributed by atoms with Crippen LogP contribution in [0.1, 0.15) is 31.8 Å². The molecule has 0 fully saturated rings. The van der Waals surface area contributed by atoms with E-state index in [2.05, 4.69) is 10.6 Å². The van der Waals surface area contributed by atoms with Crippen molar-refractivity contribution in [3.05, 3.63) is 95.1 Å². The van der Waals surface area contributed by atoms with Crippen LogP contribution >= 0.6 is 0 Å². The van der Waals surface area contributed by atoms with Gasteiger partial charge in [-0.25, -0.2) is 4.79 Å². The molecule has 0 unspecified atom stereocenters. The van der Waals surface area contributed by atoms with Crippen molar-refractivity contribution in [2.24, 2.45) is 0 Å². The minimum Gasteiger partial charge on any atom is -0.478 e. The number of anilines is 2. The summed E-state index contributed by atoms with van der Waals surface area (Å²) in [5, 5.41) is 15.4. The third-order valence-electron chi connectivity index (χ3n) is 5.95. The number of carboxylic acid groups (broad SMARTS) is 1. The lowest BCUT2D eigenvalue weighted by Gasteiger charge is -2.20. The lowest BCUT2D eigenvalue weighted by atomic mass is 9.99. The monoisotopic (exact) mass is 484 g/mol. The molecule has 0 saturated heterocycles. The zero-order chi connectivity index (χ0) is 25.8. The summed E-state index contributed by atoms with van der Waals surface area (Å²) in [6.45, 7) is 1.39. The number of amides is 2. The summed E-state index contributed by atoms with van der Waals surface area (Å²) in [6.07, 6.45) is 0. The molecule has 0 saturated carbocycles. The number of carbonyl (C=O) groups is 3. The molecule has 1 aliphatic heterocycles. The third-order valence-corrected chi connectivity index (χ3v) is 5.95. The second-order valence-corrected chi connectivity index (χ2v) is 8.87. The van der Waals surface area contributed by atoms with Crippen LogP contribution in [0.5, 0.6) is 0 Å². The Morgan fingerprint density at radius 3 is 2.17 bits per heavy atom. The molecule has 3 N–H and O–H groups in total. The molecule has 0 radical (unpaired) electrons. The minimum absolute atomic E-state index is 0.0663. The molecular formula is C28H28N4O4. The van der Waals surface area contributed by atoms with E-state index in [0.717, 1.165) is 12.1 Å². The van der Waals surface area contributed by atoms with Gasteiger partial charge in [0.2, 0.25) is 0 Å². The molecule has 36 heavy (non-hydrogen) atoms. The van der Waals surface area contributed by atoms with Crippen molar-refractivity contribution in [2.45, 2.75) is 0 Å². The largest absolute Gasteiger partial charge is 0.478 e. The number of fused-ring (bicyclic) bond motifs is 1. The molecule has 0 aromatic heterocycles. The van der Waals surface area contributed by atoms with Crippen molar-refractivity contribution in [2.75, 3.05) is 44.9 Å². The molecule has 184 valence electrons. The lowest BCUT2D eigenvalue weighted by molar-refractivity contribution is -0.110. The molecule has 8 heteroatoms. The van der Waals surface area contributed by atoms with Gasteiger partial charge in [0.05, 0.1) is 22.5 Å². The van der Waals surface area contributed by atoms with E-state index in [9.17, 15) is 19.5 Å². The van der Waals surface area contributed by atoms with Gasteiger partial charge >= 0.3 is 5.97 Å². The van der Waals surface area contributed by atoms with E-state index >= 15 is 0 Å². The van der Waals surface area contributed by atoms with Gasteiger partial charge in [-0.1, -0.05) is 36.4 Å². The Morgan fingerprint density at radius 1 is 0.861 bits per heavy atom. The van der Waals surface area contributed by atoms with Crippen LogP contribution in [-0.2, 0) is 4.79 Å². The summed E-state index contributed by atoms with van der Waals surface area (Å²) < 4.78 is 0. The molecule has 0 bridgehead atoms. The predicted octanol–water partition coefficient (Wildman–Crippen LogP) is 3.95. The van der Waals surface area contributed by atoms with Crippen LogP contribution in [0.4, 0.5) is 11.4 Å². The molecule has 1 heterocycles. The van der Waals surface area contributed by atoms with E-state index in [1.54, 1.807) is 42.3 Å². The van der Waals surface area contributed by atoms with Crippen LogP contribution in [0.3, 0.4) is 0 Å². The zero-order valence-electron chi connectivity index (χ0n) is 20.4. The van der Waals surface area contributed by atoms with Crippen LogP contribution in [0.25, 0.3) is 11.3 Å². The molecule has 0 spiro atoms. The molecular weight excluding hydrogens is 456 g/mol. The van der Waals surface area contributed by atoms with Crippen LogP contribution in [-0.4, -0.2) is 66.9 Å². The number of rotatable bonds is 8. The molecule has 8 nitrogen and oxygen atoms in total. The number of benzene rings is 3. The van der Waals surface area contributed by atoms with Gasteiger partial charge in [0, 0.05) is 37.0 Å². The number of hydrogen-bond donors (Lipinski definition) is 3. The van der Waals surface area contributed by atoms with Crippen LogP contribution < -0.4 is 10.6 Å². The van der Waals surface area contributed by atoms with E-state index in [0.29, 0.717) is 40.3 Å². The van der Waals surface area contributed by atoms with Gasteiger partial charge < -0.3 is 25.5 Å². The second-order valence-electron chi connectivity index (χ2n) is 8.87. The van der Waals surface area contributed by atoms with Gasteiger partial charge in [0.25, 0.3) is 11.8 Å². The van der Waals surface area contributed by atoms with Gasteiger partial charge in [0.15, 0.2) is 0 Å². The van der Waals surface area contributed by atoms with Crippen molar-refractivity contribution in [3.8, 4) is 0 Å². The highest BCUT2D eigenvalue weighted by Crippen LogP contribution is 2.38. The fourth-order valence-electron chi connectivity index (χ4n) is 3.95. The average Bonchev–Trinajstić information content (AvgIpc) is 3.20. The zero-order valence-corrected chi connectivity index (χ0v) is 20.4. The summed E-state index contributed by atoms with van der Waals surface area (Å²) >= 11 is 0. The molecule has 1 aliphatic rings. The summed E-state index contributed by atoms with van der Waals surface area (Å²) in [5.41, 5.74) is 4.23. The number of aromatic carboxylic acids is 1. The topological polar surface area (TPSA) is 102 Å². The highest BCUT2D eigenvalue weighted by molar-refractivity contribution is 6.37. The predicted molar refractivity (Wildman–Crippen MR) is 141 cm³/mol. The van der Waals surface area contributed by atoms with Gasteiger partial charge in [-0.3, -0.25) is 9.59 Å². The van der Waals surface area contributed by atoms with E-state index in [4.69, 9.17) is 0 Å². The molecule has 4 rings (SSSR count). The Kier molecular flexibility index (Phi) is 7.17. The first-order valence-electron chi connectivity index (χ1n) is 11.5. The third kappa shape index (κ3) is 5.29. The Hall–Kier alpha value is -4.43. The molecule has 0 atom stereocenters. The number of nitrogens with zero attached hydrogens (tertiary/aromatic N) is 2. The average molecular weight is 485 g/mol. The maximum Gasteiger partial charge on any atom is 0.335 e. The summed E-state index contributed by atoms with van der Waals surface area (Å²) in [5.74, 6) is -1.45. The van der Waals surface area contributed by atoms with Gasteiger partial charge in [-0.05, 0) is 56.1 Å². The van der Waals surface area contributed by atoms with Crippen LogP contribution in [0.15, 0.2) is 72.8 Å². The van der Waals surface area contributed by atoms with Gasteiger partial charge in [-0.15, -0.1) is 0 Å². The summed E-state index contributed by atoms with van der Waals surface area (Å²) in [7, 11) is 5.71. The Balaban J connectivity index is 1.67. The highest BCUT2D eigenvalue weighted by Gasteiger charge is 2.29. The van der Waals surface area contributed by atoms with Crippen molar-refractivity contribution >= 4 is 40.4 Å². The number of likely N-dealkylation sites (N-methyl/N-ethyl adjacent to an activating group) is 2. The SMILES string of the molecule is CN(C)CCN(C)C(=O)c1ccc(N/C(=C2\C(=O)Nc3cc(C(=O)O)ccc32)c2ccccc2)cc1.